The van der Waals surface area contributed by atoms with E-state index >= 15 is 0 Å². The Kier molecular flexibility index (Phi) is 3.29. The van der Waals surface area contributed by atoms with Crippen molar-refractivity contribution in [2.75, 3.05) is 5.32 Å². The van der Waals surface area contributed by atoms with Gasteiger partial charge in [-0.1, -0.05) is 6.07 Å². The van der Waals surface area contributed by atoms with Gasteiger partial charge in [0.1, 0.15) is 11.4 Å². The zero-order valence-corrected chi connectivity index (χ0v) is 9.20. The van der Waals surface area contributed by atoms with Gasteiger partial charge < -0.3 is 4.74 Å². The molecule has 0 aliphatic rings. The number of anilines is 1. The summed E-state index contributed by atoms with van der Waals surface area (Å²) in [6.07, 6.45) is -0.513. The molecule has 1 amide bonds. The van der Waals surface area contributed by atoms with E-state index in [1.165, 1.54) is 0 Å². The van der Waals surface area contributed by atoms with E-state index in [1.807, 2.05) is 0 Å². The molecule has 4 heteroatoms. The Morgan fingerprint density at radius 2 is 2.13 bits per heavy atom. The Hall–Kier alpha value is -1.58. The van der Waals surface area contributed by atoms with E-state index in [2.05, 4.69) is 17.2 Å². The van der Waals surface area contributed by atoms with Gasteiger partial charge in [-0.2, -0.15) is 0 Å². The van der Waals surface area contributed by atoms with Crippen molar-refractivity contribution < 1.29 is 9.53 Å². The summed E-state index contributed by atoms with van der Waals surface area (Å²) >= 11 is 0. The number of carbonyl (C=O) groups excluding carboxylic acids is 1. The number of nitrogens with one attached hydrogen (secondary N) is 1. The van der Waals surface area contributed by atoms with Gasteiger partial charge in [-0.15, -0.1) is 0 Å². The number of rotatable bonds is 1. The maximum atomic E-state index is 11.3. The molecule has 0 unspecified atom stereocenters. The second-order valence-electron chi connectivity index (χ2n) is 4.14. The van der Waals surface area contributed by atoms with Crippen LogP contribution in [0.2, 0.25) is 0 Å². The van der Waals surface area contributed by atoms with E-state index < -0.39 is 11.7 Å². The van der Waals surface area contributed by atoms with Crippen LogP contribution in [0, 0.1) is 6.92 Å². The first-order chi connectivity index (χ1) is 6.87. The van der Waals surface area contributed by atoms with Crippen LogP contribution < -0.4 is 5.32 Å². The summed E-state index contributed by atoms with van der Waals surface area (Å²) in [6, 6.07) is 5.20. The minimum atomic E-state index is -0.513. The van der Waals surface area contributed by atoms with Crippen molar-refractivity contribution in [3.63, 3.8) is 0 Å². The number of aromatic nitrogens is 1. The highest BCUT2D eigenvalue weighted by atomic mass is 16.6. The van der Waals surface area contributed by atoms with Crippen LogP contribution in [0.1, 0.15) is 26.5 Å². The van der Waals surface area contributed by atoms with Crippen molar-refractivity contribution in [1.82, 2.24) is 4.98 Å². The summed E-state index contributed by atoms with van der Waals surface area (Å²) in [4.78, 5) is 15.4. The summed E-state index contributed by atoms with van der Waals surface area (Å²) < 4.78 is 5.07. The Balaban J connectivity index is 2.59. The van der Waals surface area contributed by atoms with Crippen molar-refractivity contribution >= 4 is 11.9 Å². The molecule has 1 radical (unpaired) electrons. The summed E-state index contributed by atoms with van der Waals surface area (Å²) in [5, 5.41) is 2.53. The fourth-order valence-corrected chi connectivity index (χ4v) is 0.957. The minimum Gasteiger partial charge on any atom is -0.444 e. The lowest BCUT2D eigenvalue weighted by atomic mass is 10.2. The third-order valence-corrected chi connectivity index (χ3v) is 1.44. The molecule has 0 aliphatic heterocycles. The highest BCUT2D eigenvalue weighted by Gasteiger charge is 2.16. The van der Waals surface area contributed by atoms with E-state index in [9.17, 15) is 4.79 Å². The molecular formula is C11H15N2O2. The molecule has 0 bridgehead atoms. The average molecular weight is 207 g/mol. The van der Waals surface area contributed by atoms with Gasteiger partial charge in [-0.05, 0) is 39.8 Å². The highest BCUT2D eigenvalue weighted by Crippen LogP contribution is 2.10. The predicted octanol–water partition coefficient (Wildman–Crippen LogP) is 2.61. The number of amides is 1. The van der Waals surface area contributed by atoms with E-state index in [0.717, 1.165) is 0 Å². The zero-order chi connectivity index (χ0) is 11.5. The van der Waals surface area contributed by atoms with Gasteiger partial charge in [0, 0.05) is 5.69 Å². The summed E-state index contributed by atoms with van der Waals surface area (Å²) in [6.45, 7) is 9.07. The van der Waals surface area contributed by atoms with Crippen molar-refractivity contribution in [2.24, 2.45) is 0 Å². The van der Waals surface area contributed by atoms with Crippen LogP contribution in [0.4, 0.5) is 10.6 Å². The fraction of sp³-hybridized carbons (Fsp3) is 0.364. The third-order valence-electron chi connectivity index (χ3n) is 1.44. The molecular weight excluding hydrogens is 192 g/mol. The van der Waals surface area contributed by atoms with Crippen LogP contribution in [-0.4, -0.2) is 16.7 Å². The standard InChI is InChI=1S/C11H15N2O2/c1-8-6-5-7-9(12-8)13-10(14)15-11(2,3)4/h5-7H,1H2,2-4H3,(H,12,13,14). The molecule has 0 fully saturated rings. The first kappa shape index (κ1) is 11.5. The van der Waals surface area contributed by atoms with Crippen molar-refractivity contribution in [3.05, 3.63) is 30.8 Å². The molecule has 0 saturated heterocycles. The molecule has 1 rings (SSSR count). The lowest BCUT2D eigenvalue weighted by Crippen LogP contribution is -2.27. The maximum Gasteiger partial charge on any atom is 0.413 e. The lowest BCUT2D eigenvalue weighted by Gasteiger charge is -2.19. The second kappa shape index (κ2) is 4.29. The largest absolute Gasteiger partial charge is 0.444 e. The van der Waals surface area contributed by atoms with Gasteiger partial charge in [0.15, 0.2) is 0 Å². The Morgan fingerprint density at radius 3 is 2.67 bits per heavy atom. The van der Waals surface area contributed by atoms with Crippen molar-refractivity contribution in [1.29, 1.82) is 0 Å². The average Bonchev–Trinajstić information content (AvgIpc) is 1.99. The topological polar surface area (TPSA) is 51.2 Å². The monoisotopic (exact) mass is 207 g/mol. The molecule has 1 heterocycles. The third kappa shape index (κ3) is 4.44. The van der Waals surface area contributed by atoms with Crippen LogP contribution >= 0.6 is 0 Å². The molecule has 0 aliphatic carbocycles. The number of ether oxygens (including phenoxy) is 1. The van der Waals surface area contributed by atoms with Gasteiger partial charge in [-0.25, -0.2) is 9.78 Å². The molecule has 1 N–H and O–H groups in total. The Bertz CT molecular complexity index is 356. The van der Waals surface area contributed by atoms with Gasteiger partial charge in [0.05, 0.1) is 0 Å². The fourth-order valence-electron chi connectivity index (χ4n) is 0.957. The number of nitrogens with zero attached hydrogens (tertiary/aromatic N) is 1. The van der Waals surface area contributed by atoms with E-state index in [-0.39, 0.29) is 0 Å². The second-order valence-corrected chi connectivity index (χ2v) is 4.14. The van der Waals surface area contributed by atoms with Crippen LogP contribution in [0.5, 0.6) is 0 Å². The van der Waals surface area contributed by atoms with Gasteiger partial charge in [-0.3, -0.25) is 5.32 Å². The molecule has 0 saturated carbocycles. The van der Waals surface area contributed by atoms with Gasteiger partial charge in [0.25, 0.3) is 0 Å². The normalized spacial score (nSPS) is 10.9. The number of pyridine rings is 1. The summed E-state index contributed by atoms with van der Waals surface area (Å²) in [5.41, 5.74) is 0.0927. The molecule has 0 atom stereocenters. The quantitative estimate of drug-likeness (QED) is 0.770. The maximum absolute atomic E-state index is 11.3. The van der Waals surface area contributed by atoms with E-state index in [1.54, 1.807) is 39.0 Å². The SMILES string of the molecule is [CH2]c1cccc(NC(=O)OC(C)(C)C)n1. The molecule has 15 heavy (non-hydrogen) atoms. The number of carbonyl (C=O) groups is 1. The van der Waals surface area contributed by atoms with Gasteiger partial charge >= 0.3 is 6.09 Å². The first-order valence-electron chi connectivity index (χ1n) is 4.66. The number of hydrogen-bond donors (Lipinski definition) is 1. The summed E-state index contributed by atoms with van der Waals surface area (Å²) in [7, 11) is 0. The van der Waals surface area contributed by atoms with Crippen LogP contribution in [0.3, 0.4) is 0 Å². The van der Waals surface area contributed by atoms with Crippen LogP contribution in [0.15, 0.2) is 18.2 Å². The van der Waals surface area contributed by atoms with Crippen LogP contribution in [-0.2, 0) is 4.74 Å². The summed E-state index contributed by atoms with van der Waals surface area (Å²) in [5.74, 6) is 0.441. The first-order valence-corrected chi connectivity index (χ1v) is 4.66. The molecule has 0 spiro atoms. The number of hydrogen-bond acceptors (Lipinski definition) is 3. The van der Waals surface area contributed by atoms with Crippen molar-refractivity contribution in [2.45, 2.75) is 26.4 Å². The molecule has 0 aromatic carbocycles. The molecule has 1 aromatic rings. The lowest BCUT2D eigenvalue weighted by molar-refractivity contribution is 0.0635. The Morgan fingerprint density at radius 1 is 1.47 bits per heavy atom. The van der Waals surface area contributed by atoms with E-state index in [0.29, 0.717) is 11.5 Å². The molecule has 1 aromatic heterocycles. The van der Waals surface area contributed by atoms with Gasteiger partial charge in [0.2, 0.25) is 0 Å². The Labute approximate surface area is 89.7 Å². The molecule has 81 valence electrons. The van der Waals surface area contributed by atoms with Crippen molar-refractivity contribution in [3.8, 4) is 0 Å². The smallest absolute Gasteiger partial charge is 0.413 e. The van der Waals surface area contributed by atoms with Crippen LogP contribution in [0.25, 0.3) is 0 Å². The van der Waals surface area contributed by atoms with E-state index in [4.69, 9.17) is 4.74 Å². The zero-order valence-electron chi connectivity index (χ0n) is 9.20. The minimum absolute atomic E-state index is 0.441. The highest BCUT2D eigenvalue weighted by molar-refractivity contribution is 5.83. The molecule has 4 nitrogen and oxygen atoms in total. The predicted molar refractivity (Wildman–Crippen MR) is 58.6 cm³/mol.